The molecule has 0 spiro atoms. The standard InChI is InChI=1S/C17H27NO4/c1-12-9-13(7-8-22-12)10-18-11-14-5-6-15(19-2)17(21-4)16(14)20-3/h5-6,12-13,18H,7-11H2,1-4H3. The van der Waals surface area contributed by atoms with E-state index in [-0.39, 0.29) is 0 Å². The highest BCUT2D eigenvalue weighted by atomic mass is 16.5. The number of hydrogen-bond donors (Lipinski definition) is 1. The lowest BCUT2D eigenvalue weighted by Crippen LogP contribution is -2.31. The van der Waals surface area contributed by atoms with Crippen molar-refractivity contribution in [2.75, 3.05) is 34.5 Å². The van der Waals surface area contributed by atoms with Crippen LogP contribution in [-0.2, 0) is 11.3 Å². The highest BCUT2D eigenvalue weighted by Crippen LogP contribution is 2.39. The fourth-order valence-electron chi connectivity index (χ4n) is 2.99. The molecule has 1 heterocycles. The summed E-state index contributed by atoms with van der Waals surface area (Å²) in [6.07, 6.45) is 2.62. The van der Waals surface area contributed by atoms with Crippen LogP contribution in [0, 0.1) is 5.92 Å². The molecule has 2 atom stereocenters. The fourth-order valence-corrected chi connectivity index (χ4v) is 2.99. The first-order valence-electron chi connectivity index (χ1n) is 7.79. The summed E-state index contributed by atoms with van der Waals surface area (Å²) in [5.74, 6) is 2.73. The molecule has 0 radical (unpaired) electrons. The van der Waals surface area contributed by atoms with Gasteiger partial charge in [-0.1, -0.05) is 6.07 Å². The van der Waals surface area contributed by atoms with Crippen LogP contribution in [0.1, 0.15) is 25.3 Å². The molecule has 0 saturated carbocycles. The van der Waals surface area contributed by atoms with Crippen molar-refractivity contribution >= 4 is 0 Å². The van der Waals surface area contributed by atoms with Gasteiger partial charge in [0.2, 0.25) is 5.75 Å². The Morgan fingerprint density at radius 2 is 1.91 bits per heavy atom. The Labute approximate surface area is 132 Å². The zero-order chi connectivity index (χ0) is 15.9. The summed E-state index contributed by atoms with van der Waals surface area (Å²) in [5.41, 5.74) is 1.07. The Morgan fingerprint density at radius 1 is 1.14 bits per heavy atom. The maximum Gasteiger partial charge on any atom is 0.203 e. The second-order valence-corrected chi connectivity index (χ2v) is 5.70. The predicted molar refractivity (Wildman–Crippen MR) is 85.9 cm³/mol. The summed E-state index contributed by atoms with van der Waals surface area (Å²) >= 11 is 0. The van der Waals surface area contributed by atoms with Crippen molar-refractivity contribution < 1.29 is 18.9 Å². The third kappa shape index (κ3) is 4.05. The molecule has 0 amide bonds. The molecule has 1 aliphatic heterocycles. The van der Waals surface area contributed by atoms with Crippen LogP contribution in [0.2, 0.25) is 0 Å². The molecule has 1 N–H and O–H groups in total. The van der Waals surface area contributed by atoms with E-state index in [1.54, 1.807) is 21.3 Å². The lowest BCUT2D eigenvalue weighted by atomic mass is 9.96. The summed E-state index contributed by atoms with van der Waals surface area (Å²) in [7, 11) is 4.91. The van der Waals surface area contributed by atoms with Gasteiger partial charge >= 0.3 is 0 Å². The van der Waals surface area contributed by atoms with Crippen molar-refractivity contribution in [3.05, 3.63) is 17.7 Å². The van der Waals surface area contributed by atoms with E-state index in [0.717, 1.165) is 43.9 Å². The van der Waals surface area contributed by atoms with Gasteiger partial charge in [0.25, 0.3) is 0 Å². The Bertz CT molecular complexity index is 478. The van der Waals surface area contributed by atoms with Gasteiger partial charge in [-0.3, -0.25) is 0 Å². The highest BCUT2D eigenvalue weighted by molar-refractivity contribution is 5.55. The Kier molecular flexibility index (Phi) is 6.34. The van der Waals surface area contributed by atoms with E-state index in [9.17, 15) is 0 Å². The highest BCUT2D eigenvalue weighted by Gasteiger charge is 2.20. The Balaban J connectivity index is 1.97. The number of benzene rings is 1. The Morgan fingerprint density at radius 3 is 2.55 bits per heavy atom. The molecule has 0 bridgehead atoms. The van der Waals surface area contributed by atoms with Crippen LogP contribution in [0.4, 0.5) is 0 Å². The van der Waals surface area contributed by atoms with Crippen LogP contribution in [0.25, 0.3) is 0 Å². The molecule has 0 aromatic heterocycles. The van der Waals surface area contributed by atoms with E-state index in [1.165, 1.54) is 0 Å². The van der Waals surface area contributed by atoms with E-state index < -0.39 is 0 Å². The molecule has 2 rings (SSSR count). The Hall–Kier alpha value is -1.46. The molecule has 1 aromatic carbocycles. The van der Waals surface area contributed by atoms with Crippen molar-refractivity contribution in [1.82, 2.24) is 5.32 Å². The molecule has 5 nitrogen and oxygen atoms in total. The van der Waals surface area contributed by atoms with Crippen LogP contribution < -0.4 is 19.5 Å². The van der Waals surface area contributed by atoms with E-state index in [1.807, 2.05) is 12.1 Å². The molecule has 1 aliphatic rings. The number of hydrogen-bond acceptors (Lipinski definition) is 5. The average Bonchev–Trinajstić information content (AvgIpc) is 2.54. The predicted octanol–water partition coefficient (Wildman–Crippen LogP) is 2.62. The average molecular weight is 309 g/mol. The minimum absolute atomic E-state index is 0.371. The molecule has 124 valence electrons. The normalized spacial score (nSPS) is 21.5. The molecule has 1 aromatic rings. The zero-order valence-electron chi connectivity index (χ0n) is 14.0. The lowest BCUT2D eigenvalue weighted by Gasteiger charge is -2.27. The number of methoxy groups -OCH3 is 3. The molecule has 0 aliphatic carbocycles. The smallest absolute Gasteiger partial charge is 0.203 e. The largest absolute Gasteiger partial charge is 0.493 e. The van der Waals surface area contributed by atoms with Gasteiger partial charge in [0.05, 0.1) is 27.4 Å². The lowest BCUT2D eigenvalue weighted by molar-refractivity contribution is 0.00288. The molecule has 1 fully saturated rings. The van der Waals surface area contributed by atoms with Gasteiger partial charge in [-0.15, -0.1) is 0 Å². The number of ether oxygens (including phenoxy) is 4. The van der Waals surface area contributed by atoms with Crippen LogP contribution in [-0.4, -0.2) is 40.6 Å². The van der Waals surface area contributed by atoms with E-state index in [0.29, 0.717) is 23.5 Å². The molecule has 1 saturated heterocycles. The molecule has 5 heteroatoms. The van der Waals surface area contributed by atoms with Crippen molar-refractivity contribution in [1.29, 1.82) is 0 Å². The van der Waals surface area contributed by atoms with Gasteiger partial charge in [-0.25, -0.2) is 0 Å². The zero-order valence-corrected chi connectivity index (χ0v) is 14.0. The van der Waals surface area contributed by atoms with E-state index in [4.69, 9.17) is 18.9 Å². The van der Waals surface area contributed by atoms with Crippen LogP contribution in [0.15, 0.2) is 12.1 Å². The summed E-state index contributed by atoms with van der Waals surface area (Å²) in [4.78, 5) is 0. The summed E-state index contributed by atoms with van der Waals surface area (Å²) in [5, 5.41) is 3.52. The second-order valence-electron chi connectivity index (χ2n) is 5.70. The monoisotopic (exact) mass is 309 g/mol. The SMILES string of the molecule is COc1ccc(CNCC2CCOC(C)C2)c(OC)c1OC. The summed E-state index contributed by atoms with van der Waals surface area (Å²) in [6.45, 7) is 4.75. The topological polar surface area (TPSA) is 49.0 Å². The summed E-state index contributed by atoms with van der Waals surface area (Å²) in [6, 6.07) is 3.93. The van der Waals surface area contributed by atoms with Crippen molar-refractivity contribution in [2.45, 2.75) is 32.4 Å². The molecular weight excluding hydrogens is 282 g/mol. The second kappa shape index (κ2) is 8.25. The molecule has 22 heavy (non-hydrogen) atoms. The van der Waals surface area contributed by atoms with Gasteiger partial charge in [0, 0.05) is 18.7 Å². The van der Waals surface area contributed by atoms with Crippen LogP contribution in [0.3, 0.4) is 0 Å². The van der Waals surface area contributed by atoms with Crippen molar-refractivity contribution in [3.63, 3.8) is 0 Å². The van der Waals surface area contributed by atoms with Gasteiger partial charge in [0.15, 0.2) is 11.5 Å². The third-order valence-electron chi connectivity index (χ3n) is 4.13. The van der Waals surface area contributed by atoms with Gasteiger partial charge < -0.3 is 24.3 Å². The first kappa shape index (κ1) is 16.9. The minimum Gasteiger partial charge on any atom is -0.493 e. The van der Waals surface area contributed by atoms with Gasteiger partial charge in [0.1, 0.15) is 0 Å². The maximum absolute atomic E-state index is 5.59. The third-order valence-corrected chi connectivity index (χ3v) is 4.13. The molecule has 2 unspecified atom stereocenters. The first-order valence-corrected chi connectivity index (χ1v) is 7.79. The summed E-state index contributed by atoms with van der Waals surface area (Å²) < 4.78 is 21.8. The van der Waals surface area contributed by atoms with Crippen LogP contribution in [0.5, 0.6) is 17.2 Å². The fraction of sp³-hybridized carbons (Fsp3) is 0.647. The minimum atomic E-state index is 0.371. The quantitative estimate of drug-likeness (QED) is 0.839. The van der Waals surface area contributed by atoms with Crippen LogP contribution >= 0.6 is 0 Å². The van der Waals surface area contributed by atoms with E-state index in [2.05, 4.69) is 12.2 Å². The number of nitrogens with one attached hydrogen (secondary N) is 1. The maximum atomic E-state index is 5.59. The van der Waals surface area contributed by atoms with Crippen molar-refractivity contribution in [3.8, 4) is 17.2 Å². The van der Waals surface area contributed by atoms with E-state index >= 15 is 0 Å². The molecular formula is C17H27NO4. The van der Waals surface area contributed by atoms with Crippen molar-refractivity contribution in [2.24, 2.45) is 5.92 Å². The van der Waals surface area contributed by atoms with Gasteiger partial charge in [-0.2, -0.15) is 0 Å². The first-order chi connectivity index (χ1) is 10.7. The van der Waals surface area contributed by atoms with Gasteiger partial charge in [-0.05, 0) is 38.3 Å². The number of rotatable bonds is 7.